The third-order valence-corrected chi connectivity index (χ3v) is 3.02. The molecule has 0 N–H and O–H groups in total. The van der Waals surface area contributed by atoms with Gasteiger partial charge in [-0.25, -0.2) is 0 Å². The van der Waals surface area contributed by atoms with E-state index in [1.54, 1.807) is 0 Å². The van der Waals surface area contributed by atoms with E-state index in [-0.39, 0.29) is 0 Å². The third kappa shape index (κ3) is 2.02. The van der Waals surface area contributed by atoms with Crippen LogP contribution < -0.4 is 0 Å². The van der Waals surface area contributed by atoms with Gasteiger partial charge in [0.15, 0.2) is 0 Å². The average Bonchev–Trinajstić information content (AvgIpc) is 2.01. The maximum absolute atomic E-state index is 2.41. The van der Waals surface area contributed by atoms with Crippen LogP contribution in [0.15, 0.2) is 11.8 Å². The van der Waals surface area contributed by atoms with Gasteiger partial charge in [-0.1, -0.05) is 26.3 Å². The molecule has 1 heteroatoms. The van der Waals surface area contributed by atoms with E-state index in [1.807, 2.05) is 0 Å². The molecular weight excluding hydrogens is 146 g/mol. The van der Waals surface area contributed by atoms with Crippen molar-refractivity contribution < 1.29 is 0 Å². The van der Waals surface area contributed by atoms with Gasteiger partial charge in [-0.05, 0) is 25.2 Å². The molecule has 0 radical (unpaired) electrons. The molecule has 0 amide bonds. The lowest BCUT2D eigenvalue weighted by atomic mass is 9.86. The first-order valence-corrected chi connectivity index (χ1v) is 5.04. The Morgan fingerprint density at radius 1 is 1.58 bits per heavy atom. The van der Waals surface area contributed by atoms with Gasteiger partial charge >= 0.3 is 0 Å². The largest absolute Gasteiger partial charge is 0.378 e. The zero-order chi connectivity index (χ0) is 9.14. The van der Waals surface area contributed by atoms with Crippen LogP contribution in [0.3, 0.4) is 0 Å². The van der Waals surface area contributed by atoms with E-state index in [9.17, 15) is 0 Å². The quantitative estimate of drug-likeness (QED) is 0.611. The fraction of sp³-hybridized carbons (Fsp3) is 0.818. The Morgan fingerprint density at radius 2 is 2.25 bits per heavy atom. The maximum atomic E-state index is 2.41. The molecule has 0 saturated heterocycles. The van der Waals surface area contributed by atoms with E-state index in [0.29, 0.717) is 0 Å². The Labute approximate surface area is 76.5 Å². The predicted octanol–water partition coefficient (Wildman–Crippen LogP) is 2.89. The Hall–Kier alpha value is -0.460. The molecule has 0 aromatic heterocycles. The van der Waals surface area contributed by atoms with Crippen LogP contribution in [0.1, 0.15) is 33.6 Å². The maximum Gasteiger partial charge on any atom is 0.0205 e. The van der Waals surface area contributed by atoms with Gasteiger partial charge in [0.2, 0.25) is 0 Å². The first kappa shape index (κ1) is 9.63. The van der Waals surface area contributed by atoms with E-state index in [2.05, 4.69) is 38.8 Å². The topological polar surface area (TPSA) is 3.24 Å². The molecule has 2 atom stereocenters. The molecule has 0 aromatic carbocycles. The molecule has 0 bridgehead atoms. The van der Waals surface area contributed by atoms with Crippen LogP contribution in [-0.2, 0) is 0 Å². The van der Waals surface area contributed by atoms with E-state index in [0.717, 1.165) is 11.8 Å². The first-order chi connectivity index (χ1) is 5.65. The van der Waals surface area contributed by atoms with Gasteiger partial charge in [0, 0.05) is 19.3 Å². The summed E-state index contributed by atoms with van der Waals surface area (Å²) in [5.41, 5.74) is 1.44. The van der Waals surface area contributed by atoms with E-state index in [4.69, 9.17) is 0 Å². The zero-order valence-electron chi connectivity index (χ0n) is 8.80. The molecule has 0 aliphatic carbocycles. The van der Waals surface area contributed by atoms with Crippen LogP contribution in [-0.4, -0.2) is 18.5 Å². The van der Waals surface area contributed by atoms with Crippen molar-refractivity contribution >= 4 is 0 Å². The standard InChI is InChI=1S/C11H21N/c1-5-6-11-8-12(4)10(3)7-9(11)2/h7,9,11H,5-6,8H2,1-4H3. The molecule has 1 heterocycles. The van der Waals surface area contributed by atoms with Crippen molar-refractivity contribution in [2.75, 3.05) is 13.6 Å². The molecule has 70 valence electrons. The zero-order valence-corrected chi connectivity index (χ0v) is 8.80. The lowest BCUT2D eigenvalue weighted by Gasteiger charge is -2.34. The Balaban J connectivity index is 2.59. The number of hydrogen-bond donors (Lipinski definition) is 0. The second-order valence-corrected chi connectivity index (χ2v) is 4.10. The highest BCUT2D eigenvalue weighted by atomic mass is 15.1. The van der Waals surface area contributed by atoms with Gasteiger partial charge < -0.3 is 4.90 Å². The Kier molecular flexibility index (Phi) is 3.19. The van der Waals surface area contributed by atoms with Gasteiger partial charge in [0.25, 0.3) is 0 Å². The minimum Gasteiger partial charge on any atom is -0.378 e. The summed E-state index contributed by atoms with van der Waals surface area (Å²) in [6.07, 6.45) is 5.09. The van der Waals surface area contributed by atoms with E-state index in [1.165, 1.54) is 25.1 Å². The van der Waals surface area contributed by atoms with Crippen LogP contribution in [0.25, 0.3) is 0 Å². The van der Waals surface area contributed by atoms with Gasteiger partial charge in [-0.15, -0.1) is 0 Å². The number of allylic oxidation sites excluding steroid dienone is 2. The molecule has 12 heavy (non-hydrogen) atoms. The molecule has 0 aromatic rings. The summed E-state index contributed by atoms with van der Waals surface area (Å²) < 4.78 is 0. The van der Waals surface area contributed by atoms with Crippen molar-refractivity contribution in [3.63, 3.8) is 0 Å². The van der Waals surface area contributed by atoms with Crippen molar-refractivity contribution in [3.8, 4) is 0 Å². The highest BCUT2D eigenvalue weighted by Gasteiger charge is 2.21. The van der Waals surface area contributed by atoms with Crippen LogP contribution in [0.4, 0.5) is 0 Å². The van der Waals surface area contributed by atoms with Crippen molar-refractivity contribution in [1.29, 1.82) is 0 Å². The minimum atomic E-state index is 0.779. The Morgan fingerprint density at radius 3 is 2.83 bits per heavy atom. The summed E-state index contributed by atoms with van der Waals surface area (Å²) in [6, 6.07) is 0. The summed E-state index contributed by atoms with van der Waals surface area (Å²) in [5.74, 6) is 1.66. The number of rotatable bonds is 2. The van der Waals surface area contributed by atoms with Gasteiger partial charge in [0.1, 0.15) is 0 Å². The van der Waals surface area contributed by atoms with E-state index < -0.39 is 0 Å². The smallest absolute Gasteiger partial charge is 0.0205 e. The molecule has 1 rings (SSSR count). The lowest BCUT2D eigenvalue weighted by Crippen LogP contribution is -2.32. The lowest BCUT2D eigenvalue weighted by molar-refractivity contribution is 0.247. The molecule has 1 nitrogen and oxygen atoms in total. The Bertz CT molecular complexity index is 172. The monoisotopic (exact) mass is 167 g/mol. The van der Waals surface area contributed by atoms with Crippen molar-refractivity contribution in [2.24, 2.45) is 11.8 Å². The summed E-state index contributed by atoms with van der Waals surface area (Å²) in [7, 11) is 2.19. The van der Waals surface area contributed by atoms with Gasteiger partial charge in [-0.2, -0.15) is 0 Å². The van der Waals surface area contributed by atoms with Crippen molar-refractivity contribution in [1.82, 2.24) is 4.90 Å². The normalized spacial score (nSPS) is 30.3. The molecule has 1 aliphatic heterocycles. The second kappa shape index (κ2) is 3.97. The molecule has 0 saturated carbocycles. The van der Waals surface area contributed by atoms with Crippen molar-refractivity contribution in [3.05, 3.63) is 11.8 Å². The van der Waals surface area contributed by atoms with Crippen LogP contribution in [0.2, 0.25) is 0 Å². The molecular formula is C11H21N. The molecule has 0 spiro atoms. The SMILES string of the molecule is CCCC1CN(C)C(C)=CC1C. The molecule has 1 aliphatic rings. The highest BCUT2D eigenvalue weighted by molar-refractivity contribution is 5.05. The van der Waals surface area contributed by atoms with Crippen LogP contribution in [0.5, 0.6) is 0 Å². The van der Waals surface area contributed by atoms with Gasteiger partial charge in [0.05, 0.1) is 0 Å². The second-order valence-electron chi connectivity index (χ2n) is 4.10. The fourth-order valence-electron chi connectivity index (χ4n) is 2.03. The molecule has 2 unspecified atom stereocenters. The summed E-state index contributed by atoms with van der Waals surface area (Å²) in [5, 5.41) is 0. The van der Waals surface area contributed by atoms with E-state index >= 15 is 0 Å². The third-order valence-electron chi connectivity index (χ3n) is 3.02. The van der Waals surface area contributed by atoms with Crippen molar-refractivity contribution in [2.45, 2.75) is 33.6 Å². The van der Waals surface area contributed by atoms with Crippen LogP contribution >= 0.6 is 0 Å². The minimum absolute atomic E-state index is 0.779. The van der Waals surface area contributed by atoms with Crippen LogP contribution in [0, 0.1) is 11.8 Å². The summed E-state index contributed by atoms with van der Waals surface area (Å²) in [4.78, 5) is 2.38. The average molecular weight is 167 g/mol. The van der Waals surface area contributed by atoms with Gasteiger partial charge in [-0.3, -0.25) is 0 Å². The molecule has 0 fully saturated rings. The summed E-state index contributed by atoms with van der Waals surface area (Å²) in [6.45, 7) is 8.07. The fourth-order valence-corrected chi connectivity index (χ4v) is 2.03. The number of nitrogens with zero attached hydrogens (tertiary/aromatic N) is 1. The first-order valence-electron chi connectivity index (χ1n) is 5.04. The number of hydrogen-bond acceptors (Lipinski definition) is 1. The summed E-state index contributed by atoms with van der Waals surface area (Å²) >= 11 is 0. The highest BCUT2D eigenvalue weighted by Crippen LogP contribution is 2.26. The predicted molar refractivity (Wildman–Crippen MR) is 53.9 cm³/mol.